The van der Waals surface area contributed by atoms with E-state index >= 15 is 0 Å². The number of ketones is 1. The molecule has 0 saturated carbocycles. The SMILES string of the molecule is C=CC(=O)/C(=C/C(=O)N1CCCOC[C@H]1N)OCc1ccccc1. The highest BCUT2D eigenvalue weighted by atomic mass is 16.5. The number of benzene rings is 1. The molecule has 6 nitrogen and oxygen atoms in total. The van der Waals surface area contributed by atoms with E-state index in [1.165, 1.54) is 11.0 Å². The Balaban J connectivity index is 2.10. The third kappa shape index (κ3) is 5.04. The van der Waals surface area contributed by atoms with Gasteiger partial charge in [0.15, 0.2) is 5.76 Å². The first kappa shape index (κ1) is 17.9. The molecule has 1 aliphatic rings. The van der Waals surface area contributed by atoms with Crippen LogP contribution in [0.5, 0.6) is 0 Å². The van der Waals surface area contributed by atoms with Crippen LogP contribution in [0.25, 0.3) is 0 Å². The van der Waals surface area contributed by atoms with Crippen molar-refractivity contribution in [3.63, 3.8) is 0 Å². The zero-order valence-electron chi connectivity index (χ0n) is 13.5. The predicted octanol–water partition coefficient (Wildman–Crippen LogP) is 1.38. The third-order valence-electron chi connectivity index (χ3n) is 3.58. The number of allylic oxidation sites excluding steroid dienone is 1. The van der Waals surface area contributed by atoms with Crippen molar-refractivity contribution in [3.8, 4) is 0 Å². The largest absolute Gasteiger partial charge is 0.485 e. The van der Waals surface area contributed by atoms with Gasteiger partial charge in [-0.2, -0.15) is 0 Å². The summed E-state index contributed by atoms with van der Waals surface area (Å²) >= 11 is 0. The van der Waals surface area contributed by atoms with Crippen molar-refractivity contribution in [2.45, 2.75) is 19.2 Å². The van der Waals surface area contributed by atoms with Crippen LogP contribution in [0, 0.1) is 0 Å². The third-order valence-corrected chi connectivity index (χ3v) is 3.58. The van der Waals surface area contributed by atoms with Crippen molar-refractivity contribution in [2.24, 2.45) is 5.73 Å². The molecule has 1 amide bonds. The van der Waals surface area contributed by atoms with Gasteiger partial charge < -0.3 is 20.1 Å². The van der Waals surface area contributed by atoms with E-state index in [0.717, 1.165) is 11.6 Å². The molecule has 0 spiro atoms. The zero-order chi connectivity index (χ0) is 17.4. The molecule has 1 aromatic carbocycles. The summed E-state index contributed by atoms with van der Waals surface area (Å²) in [6.45, 7) is 4.95. The topological polar surface area (TPSA) is 81.9 Å². The summed E-state index contributed by atoms with van der Waals surface area (Å²) in [7, 11) is 0. The van der Waals surface area contributed by atoms with Gasteiger partial charge in [0.2, 0.25) is 5.78 Å². The van der Waals surface area contributed by atoms with Gasteiger partial charge in [-0.15, -0.1) is 0 Å². The lowest BCUT2D eigenvalue weighted by Gasteiger charge is -2.25. The molecule has 0 aliphatic carbocycles. The Bertz CT molecular complexity index is 613. The summed E-state index contributed by atoms with van der Waals surface area (Å²) in [5.74, 6) is -0.860. The first-order valence-electron chi connectivity index (χ1n) is 7.81. The number of nitrogens with zero attached hydrogens (tertiary/aromatic N) is 1. The van der Waals surface area contributed by atoms with Crippen LogP contribution in [-0.2, 0) is 25.7 Å². The average molecular weight is 330 g/mol. The van der Waals surface area contributed by atoms with Crippen molar-refractivity contribution < 1.29 is 19.1 Å². The molecule has 1 aliphatic heterocycles. The van der Waals surface area contributed by atoms with Crippen LogP contribution >= 0.6 is 0 Å². The van der Waals surface area contributed by atoms with E-state index in [9.17, 15) is 9.59 Å². The summed E-state index contributed by atoms with van der Waals surface area (Å²) in [4.78, 5) is 25.9. The lowest BCUT2D eigenvalue weighted by molar-refractivity contribution is -0.129. The van der Waals surface area contributed by atoms with E-state index in [-0.39, 0.29) is 24.9 Å². The Kier molecular flexibility index (Phi) is 6.72. The van der Waals surface area contributed by atoms with Gasteiger partial charge >= 0.3 is 0 Å². The van der Waals surface area contributed by atoms with Crippen molar-refractivity contribution in [2.75, 3.05) is 19.8 Å². The van der Waals surface area contributed by atoms with Gasteiger partial charge in [0, 0.05) is 19.2 Å². The van der Waals surface area contributed by atoms with Crippen LogP contribution in [0.2, 0.25) is 0 Å². The lowest BCUT2D eigenvalue weighted by atomic mass is 10.2. The number of hydrogen-bond donors (Lipinski definition) is 1. The molecule has 1 fully saturated rings. The quantitative estimate of drug-likeness (QED) is 0.629. The number of ether oxygens (including phenoxy) is 2. The molecule has 0 aromatic heterocycles. The molecule has 2 rings (SSSR count). The maximum absolute atomic E-state index is 12.5. The maximum atomic E-state index is 12.5. The fourth-order valence-corrected chi connectivity index (χ4v) is 2.29. The Labute approximate surface area is 141 Å². The minimum absolute atomic E-state index is 0.0452. The summed E-state index contributed by atoms with van der Waals surface area (Å²) in [5.41, 5.74) is 6.83. The van der Waals surface area contributed by atoms with Gasteiger partial charge in [-0.1, -0.05) is 36.9 Å². The standard InChI is InChI=1S/C18H22N2O4/c1-2-15(21)16(24-12-14-7-4-3-5-8-14)11-18(22)20-9-6-10-23-13-17(20)19/h2-5,7-8,11,17H,1,6,9-10,12-13,19H2/b16-11-/t17-/m0/s1. The Morgan fingerprint density at radius 3 is 2.83 bits per heavy atom. The van der Waals surface area contributed by atoms with E-state index in [2.05, 4.69) is 6.58 Å². The maximum Gasteiger partial charge on any atom is 0.251 e. The van der Waals surface area contributed by atoms with Crippen molar-refractivity contribution in [3.05, 3.63) is 60.4 Å². The number of carbonyl (C=O) groups is 2. The molecule has 1 aromatic rings. The van der Waals surface area contributed by atoms with Crippen LogP contribution in [0.4, 0.5) is 0 Å². The van der Waals surface area contributed by atoms with E-state index in [1.807, 2.05) is 30.3 Å². The van der Waals surface area contributed by atoms with E-state index in [1.54, 1.807) is 0 Å². The first-order valence-corrected chi connectivity index (χ1v) is 7.81. The molecule has 0 radical (unpaired) electrons. The summed E-state index contributed by atoms with van der Waals surface area (Å²) < 4.78 is 10.8. The smallest absolute Gasteiger partial charge is 0.251 e. The Morgan fingerprint density at radius 2 is 2.12 bits per heavy atom. The minimum atomic E-state index is -0.537. The average Bonchev–Trinajstić information content (AvgIpc) is 2.83. The molecule has 128 valence electrons. The van der Waals surface area contributed by atoms with E-state index < -0.39 is 11.9 Å². The van der Waals surface area contributed by atoms with Gasteiger partial charge in [-0.3, -0.25) is 9.59 Å². The highest BCUT2D eigenvalue weighted by Crippen LogP contribution is 2.10. The number of hydrogen-bond acceptors (Lipinski definition) is 5. The van der Waals surface area contributed by atoms with Gasteiger partial charge in [0.05, 0.1) is 6.61 Å². The van der Waals surface area contributed by atoms with Crippen LogP contribution < -0.4 is 5.73 Å². The molecule has 6 heteroatoms. The predicted molar refractivity (Wildman–Crippen MR) is 89.6 cm³/mol. The Hall–Kier alpha value is -2.44. The van der Waals surface area contributed by atoms with Gasteiger partial charge in [0.1, 0.15) is 12.8 Å². The second-order valence-electron chi connectivity index (χ2n) is 5.38. The van der Waals surface area contributed by atoms with E-state index in [0.29, 0.717) is 19.6 Å². The van der Waals surface area contributed by atoms with Crippen molar-refractivity contribution >= 4 is 11.7 Å². The molecular weight excluding hydrogens is 308 g/mol. The molecule has 1 saturated heterocycles. The van der Waals surface area contributed by atoms with Gasteiger partial charge in [-0.25, -0.2) is 0 Å². The molecule has 0 unspecified atom stereocenters. The second-order valence-corrected chi connectivity index (χ2v) is 5.38. The fraction of sp³-hybridized carbons (Fsp3) is 0.333. The Morgan fingerprint density at radius 1 is 1.38 bits per heavy atom. The minimum Gasteiger partial charge on any atom is -0.485 e. The van der Waals surface area contributed by atoms with Crippen LogP contribution in [-0.4, -0.2) is 42.5 Å². The summed E-state index contributed by atoms with van der Waals surface area (Å²) in [6.07, 6.45) is 2.46. The molecule has 2 N–H and O–H groups in total. The second kappa shape index (κ2) is 9.00. The van der Waals surface area contributed by atoms with Crippen molar-refractivity contribution in [1.29, 1.82) is 0 Å². The molecule has 1 heterocycles. The van der Waals surface area contributed by atoms with Crippen molar-refractivity contribution in [1.82, 2.24) is 4.90 Å². The monoisotopic (exact) mass is 330 g/mol. The molecule has 0 bridgehead atoms. The zero-order valence-corrected chi connectivity index (χ0v) is 13.5. The fourth-order valence-electron chi connectivity index (χ4n) is 2.29. The lowest BCUT2D eigenvalue weighted by Crippen LogP contribution is -2.47. The molecular formula is C18H22N2O4. The number of amides is 1. The molecule has 24 heavy (non-hydrogen) atoms. The number of carbonyl (C=O) groups excluding carboxylic acids is 2. The molecule has 1 atom stereocenters. The first-order chi connectivity index (χ1) is 11.6. The number of rotatable bonds is 6. The number of nitrogens with two attached hydrogens (primary N) is 1. The highest BCUT2D eigenvalue weighted by Gasteiger charge is 2.23. The normalized spacial score (nSPS) is 18.6. The summed E-state index contributed by atoms with van der Waals surface area (Å²) in [6, 6.07) is 9.39. The summed E-state index contributed by atoms with van der Waals surface area (Å²) in [5, 5.41) is 0. The van der Waals surface area contributed by atoms with Crippen LogP contribution in [0.3, 0.4) is 0 Å². The van der Waals surface area contributed by atoms with Crippen LogP contribution in [0.15, 0.2) is 54.8 Å². The van der Waals surface area contributed by atoms with E-state index in [4.69, 9.17) is 15.2 Å². The van der Waals surface area contributed by atoms with Crippen LogP contribution in [0.1, 0.15) is 12.0 Å². The van der Waals surface area contributed by atoms with Gasteiger partial charge in [-0.05, 0) is 18.1 Å². The van der Waals surface area contributed by atoms with Gasteiger partial charge in [0.25, 0.3) is 5.91 Å². The highest BCUT2D eigenvalue weighted by molar-refractivity contribution is 6.06.